The van der Waals surface area contributed by atoms with Crippen LogP contribution < -0.4 is 10.2 Å². The number of amides is 1. The van der Waals surface area contributed by atoms with E-state index in [9.17, 15) is 4.79 Å². The Morgan fingerprint density at radius 1 is 1.31 bits per heavy atom. The Morgan fingerprint density at radius 2 is 2.08 bits per heavy atom. The third kappa shape index (κ3) is 4.45. The van der Waals surface area contributed by atoms with Gasteiger partial charge in [-0.1, -0.05) is 11.8 Å². The molecule has 3 aromatic rings. The van der Waals surface area contributed by atoms with Crippen LogP contribution in [-0.4, -0.2) is 40.0 Å². The summed E-state index contributed by atoms with van der Waals surface area (Å²) < 4.78 is 7.21. The lowest BCUT2D eigenvalue weighted by Gasteiger charge is -2.14. The summed E-state index contributed by atoms with van der Waals surface area (Å²) in [5, 5.41) is 11.3. The second-order valence-electron chi connectivity index (χ2n) is 6.01. The average Bonchev–Trinajstić information content (AvgIpc) is 3.28. The van der Waals surface area contributed by atoms with Gasteiger partial charge in [0.2, 0.25) is 5.91 Å². The van der Waals surface area contributed by atoms with E-state index in [1.165, 1.54) is 11.8 Å². The number of anilines is 2. The summed E-state index contributed by atoms with van der Waals surface area (Å²) in [7, 11) is 3.95. The Kier molecular flexibility index (Phi) is 5.62. The molecule has 0 aliphatic rings. The Bertz CT molecular complexity index is 843. The summed E-state index contributed by atoms with van der Waals surface area (Å²) in [5.74, 6) is 0.727. The minimum atomic E-state index is -0.317. The van der Waals surface area contributed by atoms with E-state index in [0.717, 1.165) is 17.1 Å². The van der Waals surface area contributed by atoms with Crippen LogP contribution in [0.4, 0.5) is 11.4 Å². The molecule has 7 nitrogen and oxygen atoms in total. The van der Waals surface area contributed by atoms with Gasteiger partial charge in [0.15, 0.2) is 5.16 Å². The van der Waals surface area contributed by atoms with Crippen molar-refractivity contribution in [2.24, 2.45) is 0 Å². The van der Waals surface area contributed by atoms with Crippen molar-refractivity contribution >= 4 is 29.0 Å². The van der Waals surface area contributed by atoms with Crippen LogP contribution >= 0.6 is 11.8 Å². The summed E-state index contributed by atoms with van der Waals surface area (Å²) in [4.78, 5) is 14.5. The molecular weight excluding hydrogens is 350 g/mol. The highest BCUT2D eigenvalue weighted by molar-refractivity contribution is 8.00. The lowest BCUT2D eigenvalue weighted by atomic mass is 10.2. The fourth-order valence-electron chi connectivity index (χ4n) is 2.31. The summed E-state index contributed by atoms with van der Waals surface area (Å²) in [6.45, 7) is 2.38. The van der Waals surface area contributed by atoms with Gasteiger partial charge in [0.25, 0.3) is 0 Å². The largest absolute Gasteiger partial charge is 0.467 e. The first-order chi connectivity index (χ1) is 12.5. The van der Waals surface area contributed by atoms with Crippen molar-refractivity contribution in [3.05, 3.63) is 54.7 Å². The van der Waals surface area contributed by atoms with Gasteiger partial charge in [0, 0.05) is 25.5 Å². The lowest BCUT2D eigenvalue weighted by molar-refractivity contribution is -0.115. The third-order valence-corrected chi connectivity index (χ3v) is 4.88. The molecule has 0 spiro atoms. The highest BCUT2D eigenvalue weighted by Crippen LogP contribution is 2.23. The molecule has 0 aliphatic carbocycles. The Balaban J connectivity index is 1.60. The fraction of sp³-hybridized carbons (Fsp3) is 0.278. The van der Waals surface area contributed by atoms with Crippen LogP contribution in [0.2, 0.25) is 0 Å². The second kappa shape index (κ2) is 8.09. The molecule has 0 saturated carbocycles. The lowest BCUT2D eigenvalue weighted by Crippen LogP contribution is -2.23. The van der Waals surface area contributed by atoms with Crippen LogP contribution in [0.1, 0.15) is 12.7 Å². The number of nitrogens with zero attached hydrogens (tertiary/aromatic N) is 4. The Morgan fingerprint density at radius 3 is 2.73 bits per heavy atom. The van der Waals surface area contributed by atoms with Crippen molar-refractivity contribution in [3.63, 3.8) is 0 Å². The molecule has 0 aliphatic heterocycles. The standard InChI is InChI=1S/C18H21N5O2S/c1-13(17(24)20-14-6-8-15(9-7-14)22(2)3)26-18-21-19-12-23(18)11-16-5-4-10-25-16/h4-10,12-13H,11H2,1-3H3,(H,20,24). The minimum Gasteiger partial charge on any atom is -0.467 e. The zero-order chi connectivity index (χ0) is 18.5. The van der Waals surface area contributed by atoms with Gasteiger partial charge < -0.3 is 19.2 Å². The molecule has 136 valence electrons. The van der Waals surface area contributed by atoms with Gasteiger partial charge in [-0.2, -0.15) is 0 Å². The molecule has 0 radical (unpaired) electrons. The predicted octanol–water partition coefficient (Wildman–Crippen LogP) is 3.10. The minimum absolute atomic E-state index is 0.0832. The van der Waals surface area contributed by atoms with E-state index in [1.807, 2.05) is 66.9 Å². The molecule has 1 amide bonds. The molecule has 3 rings (SSSR count). The van der Waals surface area contributed by atoms with Crippen molar-refractivity contribution < 1.29 is 9.21 Å². The first-order valence-corrected chi connectivity index (χ1v) is 9.06. The normalized spacial score (nSPS) is 12.0. The fourth-order valence-corrected chi connectivity index (χ4v) is 3.14. The highest BCUT2D eigenvalue weighted by Gasteiger charge is 2.18. The number of thioether (sulfide) groups is 1. The quantitative estimate of drug-likeness (QED) is 0.643. The molecule has 2 heterocycles. The van der Waals surface area contributed by atoms with Gasteiger partial charge in [-0.25, -0.2) is 0 Å². The van der Waals surface area contributed by atoms with Crippen LogP contribution in [0.25, 0.3) is 0 Å². The number of benzene rings is 1. The third-order valence-electron chi connectivity index (χ3n) is 3.79. The molecule has 1 atom stereocenters. The van der Waals surface area contributed by atoms with Gasteiger partial charge in [-0.3, -0.25) is 4.79 Å². The molecule has 1 aromatic carbocycles. The zero-order valence-electron chi connectivity index (χ0n) is 14.9. The van der Waals surface area contributed by atoms with Crippen molar-refractivity contribution in [1.82, 2.24) is 14.8 Å². The molecular formula is C18H21N5O2S. The SMILES string of the molecule is CC(Sc1nncn1Cc1ccco1)C(=O)Nc1ccc(N(C)C)cc1. The summed E-state index contributed by atoms with van der Waals surface area (Å²) >= 11 is 1.36. The van der Waals surface area contributed by atoms with E-state index in [4.69, 9.17) is 4.42 Å². The summed E-state index contributed by atoms with van der Waals surface area (Å²) in [6.07, 6.45) is 3.26. The van der Waals surface area contributed by atoms with Gasteiger partial charge in [-0.05, 0) is 43.3 Å². The van der Waals surface area contributed by atoms with Crippen molar-refractivity contribution in [3.8, 4) is 0 Å². The second-order valence-corrected chi connectivity index (χ2v) is 7.32. The molecule has 0 bridgehead atoms. The van der Waals surface area contributed by atoms with E-state index in [2.05, 4.69) is 15.5 Å². The maximum absolute atomic E-state index is 12.5. The number of furan rings is 1. The molecule has 26 heavy (non-hydrogen) atoms. The molecule has 0 saturated heterocycles. The number of carbonyl (C=O) groups excluding carboxylic acids is 1. The van der Waals surface area contributed by atoms with Crippen LogP contribution in [0.5, 0.6) is 0 Å². The van der Waals surface area contributed by atoms with Crippen LogP contribution in [-0.2, 0) is 11.3 Å². The van der Waals surface area contributed by atoms with E-state index in [1.54, 1.807) is 12.6 Å². The molecule has 8 heteroatoms. The first-order valence-electron chi connectivity index (χ1n) is 8.18. The van der Waals surface area contributed by atoms with Crippen LogP contribution in [0.15, 0.2) is 58.6 Å². The number of hydrogen-bond acceptors (Lipinski definition) is 6. The monoisotopic (exact) mass is 371 g/mol. The van der Waals surface area contributed by atoms with E-state index in [0.29, 0.717) is 11.7 Å². The molecule has 2 aromatic heterocycles. The molecule has 1 N–H and O–H groups in total. The van der Waals surface area contributed by atoms with Gasteiger partial charge in [0.05, 0.1) is 18.1 Å². The van der Waals surface area contributed by atoms with Crippen molar-refractivity contribution in [2.75, 3.05) is 24.3 Å². The van der Waals surface area contributed by atoms with E-state index >= 15 is 0 Å². The number of carbonyl (C=O) groups is 1. The number of hydrogen-bond donors (Lipinski definition) is 1. The predicted molar refractivity (Wildman–Crippen MR) is 103 cm³/mol. The van der Waals surface area contributed by atoms with Gasteiger partial charge >= 0.3 is 0 Å². The van der Waals surface area contributed by atoms with Gasteiger partial charge in [0.1, 0.15) is 12.1 Å². The number of aromatic nitrogens is 3. The van der Waals surface area contributed by atoms with E-state index < -0.39 is 0 Å². The highest BCUT2D eigenvalue weighted by atomic mass is 32.2. The Hall–Kier alpha value is -2.74. The zero-order valence-corrected chi connectivity index (χ0v) is 15.7. The average molecular weight is 371 g/mol. The molecule has 0 fully saturated rings. The van der Waals surface area contributed by atoms with Crippen molar-refractivity contribution in [1.29, 1.82) is 0 Å². The summed E-state index contributed by atoms with van der Waals surface area (Å²) in [5.41, 5.74) is 1.85. The summed E-state index contributed by atoms with van der Waals surface area (Å²) in [6, 6.07) is 11.4. The smallest absolute Gasteiger partial charge is 0.237 e. The number of rotatable bonds is 7. The van der Waals surface area contributed by atoms with E-state index in [-0.39, 0.29) is 11.2 Å². The first kappa shape index (κ1) is 18.1. The topological polar surface area (TPSA) is 76.2 Å². The van der Waals surface area contributed by atoms with Crippen LogP contribution in [0.3, 0.4) is 0 Å². The number of nitrogens with one attached hydrogen (secondary N) is 1. The van der Waals surface area contributed by atoms with Gasteiger partial charge in [-0.15, -0.1) is 10.2 Å². The Labute approximate surface area is 156 Å². The maximum Gasteiger partial charge on any atom is 0.237 e. The maximum atomic E-state index is 12.5. The van der Waals surface area contributed by atoms with Crippen molar-refractivity contribution in [2.45, 2.75) is 23.9 Å². The van der Waals surface area contributed by atoms with Crippen LogP contribution in [0, 0.1) is 0 Å². The molecule has 1 unspecified atom stereocenters.